The number of rotatable bonds is 5. The SMILES string of the molecule is Cc1ccc(C)c(-n2nc(-c3ccccc3)cc2C(=O)NCc2ccccn2)c1. The van der Waals surface area contributed by atoms with E-state index in [-0.39, 0.29) is 5.91 Å². The second kappa shape index (κ2) is 8.10. The van der Waals surface area contributed by atoms with Crippen LogP contribution in [0.15, 0.2) is 79.0 Å². The van der Waals surface area contributed by atoms with E-state index in [0.29, 0.717) is 12.2 Å². The Morgan fingerprint density at radius 1 is 0.966 bits per heavy atom. The zero-order chi connectivity index (χ0) is 20.2. The van der Waals surface area contributed by atoms with E-state index in [2.05, 4.69) is 16.4 Å². The summed E-state index contributed by atoms with van der Waals surface area (Å²) in [5, 5.41) is 7.73. The Morgan fingerprint density at radius 2 is 1.76 bits per heavy atom. The Balaban J connectivity index is 1.73. The van der Waals surface area contributed by atoms with Crippen molar-refractivity contribution in [2.24, 2.45) is 0 Å². The van der Waals surface area contributed by atoms with Crippen molar-refractivity contribution >= 4 is 5.91 Å². The summed E-state index contributed by atoms with van der Waals surface area (Å²) < 4.78 is 1.73. The highest BCUT2D eigenvalue weighted by Crippen LogP contribution is 2.24. The van der Waals surface area contributed by atoms with Crippen molar-refractivity contribution in [2.45, 2.75) is 20.4 Å². The maximum Gasteiger partial charge on any atom is 0.270 e. The number of carbonyl (C=O) groups excluding carboxylic acids is 1. The molecule has 29 heavy (non-hydrogen) atoms. The average Bonchev–Trinajstić information content (AvgIpc) is 3.20. The van der Waals surface area contributed by atoms with Crippen molar-refractivity contribution in [1.29, 1.82) is 0 Å². The number of benzene rings is 2. The van der Waals surface area contributed by atoms with E-state index < -0.39 is 0 Å². The first-order chi connectivity index (χ1) is 14.1. The van der Waals surface area contributed by atoms with Crippen LogP contribution in [-0.2, 0) is 6.54 Å². The van der Waals surface area contributed by atoms with Gasteiger partial charge in [-0.3, -0.25) is 9.78 Å². The summed E-state index contributed by atoms with van der Waals surface area (Å²) in [5.41, 5.74) is 6.09. The molecule has 5 heteroatoms. The first kappa shape index (κ1) is 18.6. The molecule has 0 saturated heterocycles. The lowest BCUT2D eigenvalue weighted by atomic mass is 10.1. The van der Waals surface area contributed by atoms with Gasteiger partial charge in [0.05, 0.1) is 23.6 Å². The third-order valence-electron chi connectivity index (χ3n) is 4.76. The highest BCUT2D eigenvalue weighted by Gasteiger charge is 2.19. The van der Waals surface area contributed by atoms with Gasteiger partial charge in [0, 0.05) is 11.8 Å². The molecule has 0 atom stereocenters. The number of hydrogen-bond acceptors (Lipinski definition) is 3. The number of pyridine rings is 1. The fourth-order valence-electron chi connectivity index (χ4n) is 3.19. The van der Waals surface area contributed by atoms with E-state index in [1.807, 2.05) is 80.6 Å². The van der Waals surface area contributed by atoms with E-state index in [0.717, 1.165) is 33.8 Å². The lowest BCUT2D eigenvalue weighted by Crippen LogP contribution is -2.26. The van der Waals surface area contributed by atoms with Crippen LogP contribution < -0.4 is 5.32 Å². The Morgan fingerprint density at radius 3 is 2.52 bits per heavy atom. The fourth-order valence-corrected chi connectivity index (χ4v) is 3.19. The molecular weight excluding hydrogens is 360 g/mol. The smallest absolute Gasteiger partial charge is 0.270 e. The van der Waals surface area contributed by atoms with Crippen LogP contribution >= 0.6 is 0 Å². The molecule has 0 saturated carbocycles. The van der Waals surface area contributed by atoms with E-state index in [1.54, 1.807) is 10.9 Å². The minimum absolute atomic E-state index is 0.189. The van der Waals surface area contributed by atoms with Crippen LogP contribution in [0.1, 0.15) is 27.3 Å². The highest BCUT2D eigenvalue weighted by atomic mass is 16.2. The summed E-state index contributed by atoms with van der Waals surface area (Å²) in [6, 6.07) is 23.5. The van der Waals surface area contributed by atoms with Crippen molar-refractivity contribution in [1.82, 2.24) is 20.1 Å². The van der Waals surface area contributed by atoms with Crippen LogP contribution in [0.4, 0.5) is 0 Å². The molecule has 2 aromatic carbocycles. The van der Waals surface area contributed by atoms with Crippen LogP contribution in [0, 0.1) is 13.8 Å². The molecule has 0 bridgehead atoms. The van der Waals surface area contributed by atoms with Gasteiger partial charge < -0.3 is 5.32 Å². The van der Waals surface area contributed by atoms with Gasteiger partial charge in [-0.05, 0) is 49.2 Å². The zero-order valence-electron chi connectivity index (χ0n) is 16.5. The van der Waals surface area contributed by atoms with Crippen LogP contribution in [0.2, 0.25) is 0 Å². The predicted octanol–water partition coefficient (Wildman–Crippen LogP) is 4.48. The maximum atomic E-state index is 13.1. The molecule has 0 fully saturated rings. The summed E-state index contributed by atoms with van der Waals surface area (Å²) >= 11 is 0. The monoisotopic (exact) mass is 382 g/mol. The number of carbonyl (C=O) groups is 1. The van der Waals surface area contributed by atoms with Crippen LogP contribution in [0.5, 0.6) is 0 Å². The third kappa shape index (κ3) is 4.09. The Hall–Kier alpha value is -3.73. The highest BCUT2D eigenvalue weighted by molar-refractivity contribution is 5.94. The first-order valence-corrected chi connectivity index (χ1v) is 9.53. The second-order valence-corrected chi connectivity index (χ2v) is 6.99. The normalized spacial score (nSPS) is 10.7. The number of amides is 1. The molecule has 1 N–H and O–H groups in total. The van der Waals surface area contributed by atoms with Crippen molar-refractivity contribution in [3.63, 3.8) is 0 Å². The molecule has 0 spiro atoms. The van der Waals surface area contributed by atoms with Crippen LogP contribution in [0.25, 0.3) is 16.9 Å². The van der Waals surface area contributed by atoms with Gasteiger partial charge in [-0.1, -0.05) is 48.5 Å². The number of hydrogen-bond donors (Lipinski definition) is 1. The molecule has 2 aromatic heterocycles. The molecule has 1 amide bonds. The van der Waals surface area contributed by atoms with Gasteiger partial charge in [0.25, 0.3) is 5.91 Å². The summed E-state index contributed by atoms with van der Waals surface area (Å²) in [7, 11) is 0. The fraction of sp³-hybridized carbons (Fsp3) is 0.125. The number of aromatic nitrogens is 3. The molecule has 144 valence electrons. The minimum atomic E-state index is -0.189. The lowest BCUT2D eigenvalue weighted by Gasteiger charge is -2.11. The second-order valence-electron chi connectivity index (χ2n) is 6.99. The molecule has 4 aromatic rings. The van der Waals surface area contributed by atoms with Crippen molar-refractivity contribution in [3.05, 3.63) is 102 Å². The molecule has 5 nitrogen and oxygen atoms in total. The summed E-state index contributed by atoms with van der Waals surface area (Å²) in [5.74, 6) is -0.189. The summed E-state index contributed by atoms with van der Waals surface area (Å²) in [4.78, 5) is 17.3. The molecule has 0 aliphatic heterocycles. The van der Waals surface area contributed by atoms with E-state index in [1.165, 1.54) is 0 Å². The minimum Gasteiger partial charge on any atom is -0.345 e. The van der Waals surface area contributed by atoms with Crippen LogP contribution in [0.3, 0.4) is 0 Å². The number of nitrogens with one attached hydrogen (secondary N) is 1. The quantitative estimate of drug-likeness (QED) is 0.554. The molecular formula is C24H22N4O. The van der Waals surface area contributed by atoms with E-state index in [4.69, 9.17) is 5.10 Å². The predicted molar refractivity (Wildman–Crippen MR) is 114 cm³/mol. The Labute approximate surface area is 170 Å². The maximum absolute atomic E-state index is 13.1. The van der Waals surface area contributed by atoms with Gasteiger partial charge in [0.2, 0.25) is 0 Å². The van der Waals surface area contributed by atoms with Crippen molar-refractivity contribution in [2.75, 3.05) is 0 Å². The molecule has 2 heterocycles. The van der Waals surface area contributed by atoms with Gasteiger partial charge in [-0.25, -0.2) is 4.68 Å². The van der Waals surface area contributed by atoms with Gasteiger partial charge in [-0.15, -0.1) is 0 Å². The van der Waals surface area contributed by atoms with Crippen molar-refractivity contribution in [3.8, 4) is 16.9 Å². The number of nitrogens with zero attached hydrogens (tertiary/aromatic N) is 3. The van der Waals surface area contributed by atoms with Gasteiger partial charge >= 0.3 is 0 Å². The topological polar surface area (TPSA) is 59.8 Å². The van der Waals surface area contributed by atoms with Crippen LogP contribution in [-0.4, -0.2) is 20.7 Å². The average molecular weight is 382 g/mol. The standard InChI is InChI=1S/C24H22N4O/c1-17-11-12-18(2)22(14-17)28-23(15-21(27-28)19-8-4-3-5-9-19)24(29)26-16-20-10-6-7-13-25-20/h3-15H,16H2,1-2H3,(H,26,29). The number of aryl methyl sites for hydroxylation is 2. The zero-order valence-corrected chi connectivity index (χ0v) is 16.5. The van der Waals surface area contributed by atoms with E-state index >= 15 is 0 Å². The molecule has 0 aliphatic rings. The van der Waals surface area contributed by atoms with E-state index in [9.17, 15) is 4.79 Å². The lowest BCUT2D eigenvalue weighted by molar-refractivity contribution is 0.0942. The molecule has 0 aliphatic carbocycles. The van der Waals surface area contributed by atoms with Crippen molar-refractivity contribution < 1.29 is 4.79 Å². The molecule has 0 unspecified atom stereocenters. The summed E-state index contributed by atoms with van der Waals surface area (Å²) in [6.45, 7) is 4.41. The largest absolute Gasteiger partial charge is 0.345 e. The molecule has 0 radical (unpaired) electrons. The summed E-state index contributed by atoms with van der Waals surface area (Å²) in [6.07, 6.45) is 1.72. The van der Waals surface area contributed by atoms with Gasteiger partial charge in [0.1, 0.15) is 5.69 Å². The van der Waals surface area contributed by atoms with Gasteiger partial charge in [-0.2, -0.15) is 5.10 Å². The Kier molecular flexibility index (Phi) is 5.20. The first-order valence-electron chi connectivity index (χ1n) is 9.53. The van der Waals surface area contributed by atoms with Gasteiger partial charge in [0.15, 0.2) is 0 Å². The third-order valence-corrected chi connectivity index (χ3v) is 4.76. The molecule has 4 rings (SSSR count). The Bertz CT molecular complexity index is 1130.